The lowest BCUT2D eigenvalue weighted by Crippen LogP contribution is -2.48. The summed E-state index contributed by atoms with van der Waals surface area (Å²) in [6.07, 6.45) is 3.02. The maximum Gasteiger partial charge on any atom is 0.243 e. The zero-order chi connectivity index (χ0) is 19.4. The summed E-state index contributed by atoms with van der Waals surface area (Å²) in [5.41, 5.74) is 0. The molecule has 1 heterocycles. The van der Waals surface area contributed by atoms with Crippen molar-refractivity contribution in [3.63, 3.8) is 0 Å². The van der Waals surface area contributed by atoms with Gasteiger partial charge in [0, 0.05) is 23.9 Å². The molecule has 1 fully saturated rings. The van der Waals surface area contributed by atoms with E-state index in [4.69, 9.17) is 9.47 Å². The molecule has 1 saturated heterocycles. The number of nitrogens with zero attached hydrogens (tertiary/aromatic N) is 1. The highest BCUT2D eigenvalue weighted by Gasteiger charge is 2.33. The van der Waals surface area contributed by atoms with E-state index in [0.29, 0.717) is 30.0 Å². The lowest BCUT2D eigenvalue weighted by atomic mass is 10.1. The SMILES string of the molecule is CCCCCOc1ccc(S(=O)(=O)N2C[C@@H](C)O[C@H](C)C2)c2ccccc12. The summed E-state index contributed by atoms with van der Waals surface area (Å²) < 4.78 is 39.8. The van der Waals surface area contributed by atoms with Gasteiger partial charge in [-0.25, -0.2) is 8.42 Å². The highest BCUT2D eigenvalue weighted by Crippen LogP contribution is 2.33. The van der Waals surface area contributed by atoms with Gasteiger partial charge >= 0.3 is 0 Å². The van der Waals surface area contributed by atoms with E-state index >= 15 is 0 Å². The van der Waals surface area contributed by atoms with E-state index in [2.05, 4.69) is 6.92 Å². The Labute approximate surface area is 162 Å². The van der Waals surface area contributed by atoms with Gasteiger partial charge in [0.1, 0.15) is 5.75 Å². The van der Waals surface area contributed by atoms with E-state index < -0.39 is 10.0 Å². The third kappa shape index (κ3) is 4.45. The molecule has 0 aromatic heterocycles. The van der Waals surface area contributed by atoms with Crippen LogP contribution in [-0.4, -0.2) is 44.6 Å². The van der Waals surface area contributed by atoms with Crippen molar-refractivity contribution in [3.05, 3.63) is 36.4 Å². The van der Waals surface area contributed by atoms with E-state index in [0.717, 1.165) is 30.4 Å². The molecule has 2 atom stereocenters. The molecule has 0 radical (unpaired) electrons. The van der Waals surface area contributed by atoms with Crippen LogP contribution in [0.2, 0.25) is 0 Å². The molecule has 148 valence electrons. The van der Waals surface area contributed by atoms with E-state index in [9.17, 15) is 8.42 Å². The van der Waals surface area contributed by atoms with Crippen LogP contribution in [0.3, 0.4) is 0 Å². The van der Waals surface area contributed by atoms with Crippen LogP contribution >= 0.6 is 0 Å². The molecule has 27 heavy (non-hydrogen) atoms. The first kappa shape index (κ1) is 20.1. The van der Waals surface area contributed by atoms with Crippen molar-refractivity contribution in [1.29, 1.82) is 0 Å². The molecule has 6 heteroatoms. The van der Waals surface area contributed by atoms with Gasteiger partial charge in [0.25, 0.3) is 0 Å². The average molecular weight is 392 g/mol. The molecule has 0 unspecified atom stereocenters. The normalized spacial score (nSPS) is 21.4. The third-order valence-corrected chi connectivity index (χ3v) is 6.74. The van der Waals surface area contributed by atoms with E-state index in [-0.39, 0.29) is 12.2 Å². The fourth-order valence-electron chi connectivity index (χ4n) is 3.59. The zero-order valence-corrected chi connectivity index (χ0v) is 17.2. The van der Waals surface area contributed by atoms with Gasteiger partial charge in [0.2, 0.25) is 10.0 Å². The van der Waals surface area contributed by atoms with Gasteiger partial charge in [0.05, 0.1) is 23.7 Å². The van der Waals surface area contributed by atoms with Crippen molar-refractivity contribution in [2.24, 2.45) is 0 Å². The Morgan fingerprint density at radius 3 is 2.37 bits per heavy atom. The van der Waals surface area contributed by atoms with Gasteiger partial charge < -0.3 is 9.47 Å². The molecule has 2 aromatic carbocycles. The Hall–Kier alpha value is -1.63. The Kier molecular flexibility index (Phi) is 6.40. The molecule has 0 bridgehead atoms. The highest BCUT2D eigenvalue weighted by molar-refractivity contribution is 7.89. The number of hydrogen-bond acceptors (Lipinski definition) is 4. The van der Waals surface area contributed by atoms with E-state index in [1.807, 2.05) is 38.1 Å². The van der Waals surface area contributed by atoms with Crippen LogP contribution in [0.5, 0.6) is 5.75 Å². The first-order chi connectivity index (χ1) is 12.9. The molecule has 3 rings (SSSR count). The summed E-state index contributed by atoms with van der Waals surface area (Å²) in [5, 5.41) is 1.54. The molecular formula is C21H29NO4S. The summed E-state index contributed by atoms with van der Waals surface area (Å²) in [6, 6.07) is 11.0. The first-order valence-corrected chi connectivity index (χ1v) is 11.2. The standard InChI is InChI=1S/C21H29NO4S/c1-4-5-8-13-25-20-11-12-21(19-10-7-6-9-18(19)20)27(23,24)22-14-16(2)26-17(3)15-22/h6-7,9-12,16-17H,4-5,8,13-15H2,1-3H3/t16-,17-/m1/s1. The van der Waals surface area contributed by atoms with Crippen LogP contribution in [0.1, 0.15) is 40.0 Å². The van der Waals surface area contributed by atoms with Gasteiger partial charge in [-0.2, -0.15) is 4.31 Å². The maximum absolute atomic E-state index is 13.3. The topological polar surface area (TPSA) is 55.8 Å². The molecule has 0 N–H and O–H groups in total. The van der Waals surface area contributed by atoms with Crippen LogP contribution in [0.15, 0.2) is 41.3 Å². The Morgan fingerprint density at radius 2 is 1.70 bits per heavy atom. The van der Waals surface area contributed by atoms with Crippen molar-refractivity contribution in [3.8, 4) is 5.75 Å². The highest BCUT2D eigenvalue weighted by atomic mass is 32.2. The predicted molar refractivity (Wildman–Crippen MR) is 108 cm³/mol. The average Bonchev–Trinajstić information content (AvgIpc) is 2.64. The number of ether oxygens (including phenoxy) is 2. The largest absolute Gasteiger partial charge is 0.493 e. The van der Waals surface area contributed by atoms with E-state index in [1.165, 1.54) is 4.31 Å². The van der Waals surface area contributed by atoms with Gasteiger partial charge in [-0.05, 0) is 32.4 Å². The van der Waals surface area contributed by atoms with Crippen molar-refractivity contribution in [1.82, 2.24) is 4.31 Å². The molecule has 5 nitrogen and oxygen atoms in total. The molecule has 2 aromatic rings. The van der Waals surface area contributed by atoms with Crippen LogP contribution < -0.4 is 4.74 Å². The van der Waals surface area contributed by atoms with E-state index in [1.54, 1.807) is 12.1 Å². The zero-order valence-electron chi connectivity index (χ0n) is 16.3. The van der Waals surface area contributed by atoms with Crippen molar-refractivity contribution in [2.45, 2.75) is 57.1 Å². The van der Waals surface area contributed by atoms with Crippen LogP contribution in [0.4, 0.5) is 0 Å². The smallest absolute Gasteiger partial charge is 0.243 e. The Balaban J connectivity index is 1.95. The second kappa shape index (κ2) is 8.59. The number of sulfonamides is 1. The fraction of sp³-hybridized carbons (Fsp3) is 0.524. The summed E-state index contributed by atoms with van der Waals surface area (Å²) in [6.45, 7) is 7.35. The minimum atomic E-state index is -3.60. The van der Waals surface area contributed by atoms with Crippen LogP contribution in [0.25, 0.3) is 10.8 Å². The number of morpholine rings is 1. The van der Waals surface area contributed by atoms with Gasteiger partial charge in [-0.15, -0.1) is 0 Å². The van der Waals surface area contributed by atoms with Gasteiger partial charge in [-0.3, -0.25) is 0 Å². The second-order valence-corrected chi connectivity index (χ2v) is 9.15. The van der Waals surface area contributed by atoms with Gasteiger partial charge in [-0.1, -0.05) is 44.0 Å². The molecule has 0 amide bonds. The maximum atomic E-state index is 13.3. The van der Waals surface area contributed by atoms with Gasteiger partial charge in [0.15, 0.2) is 0 Å². The molecule has 1 aliphatic heterocycles. The summed E-state index contributed by atoms with van der Waals surface area (Å²) in [5.74, 6) is 0.740. The lowest BCUT2D eigenvalue weighted by Gasteiger charge is -2.34. The fourth-order valence-corrected chi connectivity index (χ4v) is 5.38. The molecule has 0 saturated carbocycles. The van der Waals surface area contributed by atoms with Crippen LogP contribution in [0, 0.1) is 0 Å². The first-order valence-electron chi connectivity index (χ1n) is 9.73. The third-order valence-electron chi connectivity index (χ3n) is 4.85. The summed E-state index contributed by atoms with van der Waals surface area (Å²) >= 11 is 0. The molecular weight excluding hydrogens is 362 g/mol. The second-order valence-electron chi connectivity index (χ2n) is 7.24. The molecule has 0 aliphatic carbocycles. The molecule has 0 spiro atoms. The number of unbranched alkanes of at least 4 members (excludes halogenated alkanes) is 2. The lowest BCUT2D eigenvalue weighted by molar-refractivity contribution is -0.0440. The number of hydrogen-bond donors (Lipinski definition) is 0. The monoisotopic (exact) mass is 391 g/mol. The van der Waals surface area contributed by atoms with Crippen molar-refractivity contribution in [2.75, 3.05) is 19.7 Å². The number of fused-ring (bicyclic) bond motifs is 1. The van der Waals surface area contributed by atoms with Crippen molar-refractivity contribution < 1.29 is 17.9 Å². The molecule has 1 aliphatic rings. The summed E-state index contributed by atoms with van der Waals surface area (Å²) in [7, 11) is -3.60. The minimum absolute atomic E-state index is 0.115. The Morgan fingerprint density at radius 1 is 1.04 bits per heavy atom. The minimum Gasteiger partial charge on any atom is -0.493 e. The Bertz CT molecular complexity index is 871. The van der Waals surface area contributed by atoms with Crippen molar-refractivity contribution >= 4 is 20.8 Å². The predicted octanol–water partition coefficient (Wildman–Crippen LogP) is 4.21. The summed E-state index contributed by atoms with van der Waals surface area (Å²) in [4.78, 5) is 0.334. The number of benzene rings is 2. The van der Waals surface area contributed by atoms with Crippen LogP contribution in [-0.2, 0) is 14.8 Å². The number of rotatable bonds is 7. The quantitative estimate of drug-likeness (QED) is 0.664.